The lowest BCUT2D eigenvalue weighted by molar-refractivity contribution is -0.129. The molecule has 4 nitrogen and oxygen atoms in total. The number of fused-ring (bicyclic) bond motifs is 1. The monoisotopic (exact) mass is 297 g/mol. The van der Waals surface area contributed by atoms with Crippen LogP contribution in [0.3, 0.4) is 0 Å². The second-order valence-electron chi connectivity index (χ2n) is 7.14. The standard InChI is InChI=1S/C18H23N3O/c1-12-9-16(20-15-8-6-5-7-14(12)15)21-10-13(11-21)19-17(22)18(2,3)4/h5-9,13H,10-11H2,1-4H3,(H,19,22). The number of hydrogen-bond acceptors (Lipinski definition) is 3. The summed E-state index contributed by atoms with van der Waals surface area (Å²) in [6.07, 6.45) is 0. The van der Waals surface area contributed by atoms with E-state index in [0.717, 1.165) is 24.4 Å². The Morgan fingerprint density at radius 2 is 1.95 bits per heavy atom. The van der Waals surface area contributed by atoms with E-state index in [2.05, 4.69) is 29.3 Å². The molecular formula is C18H23N3O. The molecular weight excluding hydrogens is 274 g/mol. The van der Waals surface area contributed by atoms with Crippen molar-refractivity contribution in [3.63, 3.8) is 0 Å². The largest absolute Gasteiger partial charge is 0.352 e. The van der Waals surface area contributed by atoms with Crippen molar-refractivity contribution in [2.24, 2.45) is 5.41 Å². The highest BCUT2D eigenvalue weighted by molar-refractivity contribution is 5.84. The van der Waals surface area contributed by atoms with E-state index < -0.39 is 0 Å². The van der Waals surface area contributed by atoms with Crippen LogP contribution in [0.25, 0.3) is 10.9 Å². The minimum absolute atomic E-state index is 0.111. The van der Waals surface area contributed by atoms with Crippen LogP contribution in [0.5, 0.6) is 0 Å². The average molecular weight is 297 g/mol. The first-order chi connectivity index (χ1) is 10.3. The Morgan fingerprint density at radius 3 is 2.64 bits per heavy atom. The summed E-state index contributed by atoms with van der Waals surface area (Å²) in [6.45, 7) is 9.58. The fourth-order valence-electron chi connectivity index (χ4n) is 2.65. The quantitative estimate of drug-likeness (QED) is 0.927. The van der Waals surface area contributed by atoms with Gasteiger partial charge in [-0.3, -0.25) is 4.79 Å². The van der Waals surface area contributed by atoms with Crippen molar-refractivity contribution in [1.29, 1.82) is 0 Å². The van der Waals surface area contributed by atoms with Crippen LogP contribution >= 0.6 is 0 Å². The predicted octanol–water partition coefficient (Wildman–Crippen LogP) is 2.89. The summed E-state index contributed by atoms with van der Waals surface area (Å²) in [5.74, 6) is 1.11. The van der Waals surface area contributed by atoms with Crippen molar-refractivity contribution in [2.75, 3.05) is 18.0 Å². The number of nitrogens with one attached hydrogen (secondary N) is 1. The van der Waals surface area contributed by atoms with Crippen LogP contribution in [-0.2, 0) is 4.79 Å². The number of aromatic nitrogens is 1. The van der Waals surface area contributed by atoms with Gasteiger partial charge in [0.05, 0.1) is 11.6 Å². The molecule has 1 aromatic heterocycles. The van der Waals surface area contributed by atoms with Crippen molar-refractivity contribution >= 4 is 22.6 Å². The molecule has 0 atom stereocenters. The summed E-state index contributed by atoms with van der Waals surface area (Å²) >= 11 is 0. The van der Waals surface area contributed by atoms with Crippen LogP contribution in [0.15, 0.2) is 30.3 Å². The number of benzene rings is 1. The topological polar surface area (TPSA) is 45.2 Å². The fourth-order valence-corrected chi connectivity index (χ4v) is 2.65. The molecule has 1 aromatic carbocycles. The van der Waals surface area contributed by atoms with Crippen LogP contribution in [-0.4, -0.2) is 30.0 Å². The first-order valence-electron chi connectivity index (χ1n) is 7.77. The number of hydrogen-bond donors (Lipinski definition) is 1. The minimum Gasteiger partial charge on any atom is -0.352 e. The Labute approximate surface area is 131 Å². The Kier molecular flexibility index (Phi) is 3.55. The average Bonchev–Trinajstić information content (AvgIpc) is 2.41. The molecule has 1 fully saturated rings. The maximum absolute atomic E-state index is 12.0. The second-order valence-corrected chi connectivity index (χ2v) is 7.14. The van der Waals surface area contributed by atoms with Crippen molar-refractivity contribution in [3.8, 4) is 0 Å². The summed E-state index contributed by atoms with van der Waals surface area (Å²) in [5.41, 5.74) is 1.93. The summed E-state index contributed by atoms with van der Waals surface area (Å²) < 4.78 is 0. The number of rotatable bonds is 2. The number of para-hydroxylation sites is 1. The normalized spacial score (nSPS) is 15.7. The lowest BCUT2D eigenvalue weighted by atomic mass is 9.94. The number of pyridine rings is 1. The van der Waals surface area contributed by atoms with E-state index in [1.54, 1.807) is 0 Å². The van der Waals surface area contributed by atoms with Crippen molar-refractivity contribution in [3.05, 3.63) is 35.9 Å². The number of carbonyl (C=O) groups is 1. The van der Waals surface area contributed by atoms with E-state index in [4.69, 9.17) is 4.98 Å². The highest BCUT2D eigenvalue weighted by Gasteiger charge is 2.32. The van der Waals surface area contributed by atoms with Gasteiger partial charge in [-0.1, -0.05) is 39.0 Å². The molecule has 1 aliphatic heterocycles. The Balaban J connectivity index is 1.69. The number of carbonyl (C=O) groups excluding carboxylic acids is 1. The number of anilines is 1. The summed E-state index contributed by atoms with van der Waals surface area (Å²) in [6, 6.07) is 10.6. The van der Waals surface area contributed by atoms with Gasteiger partial charge in [0.1, 0.15) is 5.82 Å². The highest BCUT2D eigenvalue weighted by atomic mass is 16.2. The van der Waals surface area contributed by atoms with E-state index in [-0.39, 0.29) is 17.4 Å². The van der Waals surface area contributed by atoms with Crippen molar-refractivity contribution in [2.45, 2.75) is 33.7 Å². The molecule has 0 aliphatic carbocycles. The van der Waals surface area contributed by atoms with Gasteiger partial charge < -0.3 is 10.2 Å². The smallest absolute Gasteiger partial charge is 0.225 e. The van der Waals surface area contributed by atoms with Gasteiger partial charge in [-0.25, -0.2) is 4.98 Å². The van der Waals surface area contributed by atoms with E-state index in [1.807, 2.05) is 39.0 Å². The van der Waals surface area contributed by atoms with Crippen LogP contribution < -0.4 is 10.2 Å². The van der Waals surface area contributed by atoms with E-state index in [0.29, 0.717) is 0 Å². The van der Waals surface area contributed by atoms with E-state index in [1.165, 1.54) is 10.9 Å². The molecule has 116 valence electrons. The zero-order chi connectivity index (χ0) is 15.9. The summed E-state index contributed by atoms with van der Waals surface area (Å²) in [4.78, 5) is 18.9. The molecule has 1 amide bonds. The summed E-state index contributed by atoms with van der Waals surface area (Å²) in [5, 5.41) is 4.30. The minimum atomic E-state index is -0.335. The molecule has 1 aliphatic rings. The Morgan fingerprint density at radius 1 is 1.27 bits per heavy atom. The molecule has 1 saturated heterocycles. The molecule has 3 rings (SSSR count). The highest BCUT2D eigenvalue weighted by Crippen LogP contribution is 2.25. The van der Waals surface area contributed by atoms with Gasteiger partial charge >= 0.3 is 0 Å². The summed E-state index contributed by atoms with van der Waals surface area (Å²) in [7, 11) is 0. The molecule has 0 radical (unpaired) electrons. The van der Waals surface area contributed by atoms with E-state index >= 15 is 0 Å². The zero-order valence-electron chi connectivity index (χ0n) is 13.7. The lowest BCUT2D eigenvalue weighted by Gasteiger charge is -2.41. The zero-order valence-corrected chi connectivity index (χ0v) is 13.7. The lowest BCUT2D eigenvalue weighted by Crippen LogP contribution is -2.61. The van der Waals surface area contributed by atoms with E-state index in [9.17, 15) is 4.79 Å². The Hall–Kier alpha value is -2.10. The molecule has 0 bridgehead atoms. The number of aryl methyl sites for hydroxylation is 1. The number of amides is 1. The van der Waals surface area contributed by atoms with Crippen LogP contribution in [0.4, 0.5) is 5.82 Å². The Bertz CT molecular complexity index is 712. The predicted molar refractivity (Wildman–Crippen MR) is 90.1 cm³/mol. The number of nitrogens with zero attached hydrogens (tertiary/aromatic N) is 2. The van der Waals surface area contributed by atoms with Crippen molar-refractivity contribution in [1.82, 2.24) is 10.3 Å². The van der Waals surface area contributed by atoms with Gasteiger partial charge in [0.2, 0.25) is 5.91 Å². The van der Waals surface area contributed by atoms with Gasteiger partial charge in [0.15, 0.2) is 0 Å². The maximum Gasteiger partial charge on any atom is 0.225 e. The fraction of sp³-hybridized carbons (Fsp3) is 0.444. The first-order valence-corrected chi connectivity index (χ1v) is 7.77. The van der Waals surface area contributed by atoms with Gasteiger partial charge in [0.25, 0.3) is 0 Å². The van der Waals surface area contributed by atoms with Gasteiger partial charge in [-0.2, -0.15) is 0 Å². The molecule has 0 saturated carbocycles. The molecule has 2 aromatic rings. The molecule has 0 unspecified atom stereocenters. The molecule has 0 spiro atoms. The van der Waals surface area contributed by atoms with Crippen molar-refractivity contribution < 1.29 is 4.79 Å². The third-order valence-corrected chi connectivity index (χ3v) is 4.13. The molecule has 4 heteroatoms. The second kappa shape index (κ2) is 5.27. The van der Waals surface area contributed by atoms with Gasteiger partial charge in [-0.05, 0) is 24.6 Å². The van der Waals surface area contributed by atoms with Gasteiger partial charge in [-0.15, -0.1) is 0 Å². The molecule has 2 heterocycles. The third-order valence-electron chi connectivity index (χ3n) is 4.13. The third kappa shape index (κ3) is 2.78. The van der Waals surface area contributed by atoms with Crippen LogP contribution in [0.1, 0.15) is 26.3 Å². The molecule has 22 heavy (non-hydrogen) atoms. The SMILES string of the molecule is Cc1cc(N2CC(NC(=O)C(C)(C)C)C2)nc2ccccc12. The van der Waals surface area contributed by atoms with Gasteiger partial charge in [0, 0.05) is 23.9 Å². The first kappa shape index (κ1) is 14.8. The molecule has 1 N–H and O–H groups in total. The maximum atomic E-state index is 12.0. The van der Waals surface area contributed by atoms with Crippen LogP contribution in [0.2, 0.25) is 0 Å². The van der Waals surface area contributed by atoms with Crippen LogP contribution in [0, 0.1) is 12.3 Å².